The molecular weight excluding hydrogens is 209 g/mol. The molecule has 0 unspecified atom stereocenters. The first-order chi connectivity index (χ1) is 5.86. The van der Waals surface area contributed by atoms with Crippen LogP contribution in [0.5, 0.6) is 0 Å². The second-order valence-electron chi connectivity index (χ2n) is 2.60. The molecule has 8 heteroatoms. The molecule has 0 aromatic rings. The Morgan fingerprint density at radius 3 is 2.00 bits per heavy atom. The number of piperazine rings is 1. The molecular formula is C5H9F3N2O2S. The van der Waals surface area contributed by atoms with E-state index in [9.17, 15) is 21.6 Å². The molecule has 0 aromatic heterocycles. The highest BCUT2D eigenvalue weighted by Crippen LogP contribution is 2.26. The third kappa shape index (κ3) is 2.12. The van der Waals surface area contributed by atoms with Crippen LogP contribution >= 0.6 is 0 Å². The van der Waals surface area contributed by atoms with Gasteiger partial charge in [0, 0.05) is 26.2 Å². The molecule has 78 valence electrons. The minimum atomic E-state index is -5.18. The van der Waals surface area contributed by atoms with E-state index in [0.29, 0.717) is 4.31 Å². The number of nitrogens with zero attached hydrogens (tertiary/aromatic N) is 1. The number of hydrogen-bond acceptors (Lipinski definition) is 3. The largest absolute Gasteiger partial charge is 0.511 e. The molecule has 0 atom stereocenters. The fourth-order valence-electron chi connectivity index (χ4n) is 1.03. The highest BCUT2D eigenvalue weighted by Gasteiger charge is 2.49. The molecule has 1 heterocycles. The Balaban J connectivity index is 2.80. The molecule has 0 amide bonds. The zero-order valence-electron chi connectivity index (χ0n) is 6.63. The van der Waals surface area contributed by atoms with Crippen molar-refractivity contribution in [2.24, 2.45) is 0 Å². The van der Waals surface area contributed by atoms with Crippen molar-refractivity contribution in [2.45, 2.75) is 5.51 Å². The van der Waals surface area contributed by atoms with Crippen LogP contribution in [0.4, 0.5) is 13.2 Å². The van der Waals surface area contributed by atoms with Gasteiger partial charge in [0.05, 0.1) is 0 Å². The van der Waals surface area contributed by atoms with Crippen molar-refractivity contribution in [3.05, 3.63) is 0 Å². The Morgan fingerprint density at radius 2 is 1.62 bits per heavy atom. The van der Waals surface area contributed by atoms with Gasteiger partial charge in [-0.1, -0.05) is 0 Å². The molecule has 1 aliphatic heterocycles. The normalized spacial score (nSPS) is 21.8. The van der Waals surface area contributed by atoms with Gasteiger partial charge < -0.3 is 5.32 Å². The monoisotopic (exact) mass is 218 g/mol. The maximum atomic E-state index is 12.0. The average Bonchev–Trinajstić information content (AvgIpc) is 2.04. The Bertz CT molecular complexity index is 268. The van der Waals surface area contributed by atoms with Crippen LogP contribution in [0.15, 0.2) is 0 Å². The lowest BCUT2D eigenvalue weighted by Gasteiger charge is -2.27. The van der Waals surface area contributed by atoms with Crippen molar-refractivity contribution in [2.75, 3.05) is 26.2 Å². The summed E-state index contributed by atoms with van der Waals surface area (Å²) in [6.45, 7) is 0.272. The van der Waals surface area contributed by atoms with Crippen LogP contribution in [-0.2, 0) is 10.0 Å². The summed E-state index contributed by atoms with van der Waals surface area (Å²) in [5.74, 6) is 0. The van der Waals surface area contributed by atoms with E-state index in [0.717, 1.165) is 0 Å². The van der Waals surface area contributed by atoms with E-state index in [-0.39, 0.29) is 26.2 Å². The van der Waals surface area contributed by atoms with E-state index >= 15 is 0 Å². The number of rotatable bonds is 1. The Labute approximate surface area is 73.8 Å². The van der Waals surface area contributed by atoms with Crippen LogP contribution in [0, 0.1) is 0 Å². The minimum absolute atomic E-state index is 0.123. The van der Waals surface area contributed by atoms with Crippen molar-refractivity contribution in [3.8, 4) is 0 Å². The first-order valence-electron chi connectivity index (χ1n) is 3.63. The number of alkyl halides is 3. The highest BCUT2D eigenvalue weighted by molar-refractivity contribution is 7.90. The quantitative estimate of drug-likeness (QED) is 0.659. The van der Waals surface area contributed by atoms with Gasteiger partial charge in [-0.15, -0.1) is 0 Å². The molecule has 1 rings (SSSR count). The number of hydrogen-bond donors (Lipinski definition) is 1. The lowest BCUT2D eigenvalue weighted by Crippen LogP contribution is -2.50. The highest BCUT2D eigenvalue weighted by atomic mass is 32.2. The van der Waals surface area contributed by atoms with Gasteiger partial charge in [-0.2, -0.15) is 17.5 Å². The van der Waals surface area contributed by atoms with Crippen molar-refractivity contribution in [1.29, 1.82) is 0 Å². The van der Waals surface area contributed by atoms with Gasteiger partial charge in [0.15, 0.2) is 0 Å². The number of sulfonamides is 1. The van der Waals surface area contributed by atoms with E-state index in [1.807, 2.05) is 0 Å². The van der Waals surface area contributed by atoms with E-state index < -0.39 is 15.5 Å². The van der Waals surface area contributed by atoms with Crippen molar-refractivity contribution < 1.29 is 21.6 Å². The smallest absolute Gasteiger partial charge is 0.314 e. The molecule has 0 aromatic carbocycles. The Morgan fingerprint density at radius 1 is 1.15 bits per heavy atom. The molecule has 0 saturated carbocycles. The lowest BCUT2D eigenvalue weighted by molar-refractivity contribution is -0.0491. The van der Waals surface area contributed by atoms with Gasteiger partial charge in [-0.25, -0.2) is 8.42 Å². The summed E-state index contributed by atoms with van der Waals surface area (Å²) in [6, 6.07) is 0. The molecule has 0 spiro atoms. The molecule has 1 N–H and O–H groups in total. The Kier molecular flexibility index (Phi) is 2.83. The van der Waals surface area contributed by atoms with Gasteiger partial charge in [0.1, 0.15) is 0 Å². The van der Waals surface area contributed by atoms with Gasteiger partial charge in [-0.05, 0) is 0 Å². The standard InChI is InChI=1S/C5H9F3N2O2S/c6-5(7,8)13(11,12)10-3-1-9-2-4-10/h9H,1-4H2. The second kappa shape index (κ2) is 3.43. The molecule has 0 bridgehead atoms. The van der Waals surface area contributed by atoms with Crippen LogP contribution in [-0.4, -0.2) is 44.4 Å². The summed E-state index contributed by atoms with van der Waals surface area (Å²) >= 11 is 0. The minimum Gasteiger partial charge on any atom is -0.314 e. The molecule has 0 radical (unpaired) electrons. The predicted molar refractivity (Wildman–Crippen MR) is 39.4 cm³/mol. The van der Waals surface area contributed by atoms with Gasteiger partial charge in [-0.3, -0.25) is 0 Å². The van der Waals surface area contributed by atoms with Crippen LogP contribution < -0.4 is 5.32 Å². The molecule has 13 heavy (non-hydrogen) atoms. The fraction of sp³-hybridized carbons (Fsp3) is 1.00. The fourth-order valence-corrected chi connectivity index (χ4v) is 1.99. The number of halogens is 3. The second-order valence-corrected chi connectivity index (χ2v) is 4.53. The summed E-state index contributed by atoms with van der Waals surface area (Å²) < 4.78 is 57.9. The van der Waals surface area contributed by atoms with Gasteiger partial charge in [0.2, 0.25) is 0 Å². The van der Waals surface area contributed by atoms with Crippen LogP contribution in [0.1, 0.15) is 0 Å². The third-order valence-corrected chi connectivity index (χ3v) is 3.34. The maximum absolute atomic E-state index is 12.0. The molecule has 1 saturated heterocycles. The summed E-state index contributed by atoms with van der Waals surface area (Å²) in [5.41, 5.74) is -5.18. The first-order valence-corrected chi connectivity index (χ1v) is 5.07. The van der Waals surface area contributed by atoms with E-state index in [1.165, 1.54) is 0 Å². The maximum Gasteiger partial charge on any atom is 0.511 e. The van der Waals surface area contributed by atoms with Crippen LogP contribution in [0.3, 0.4) is 0 Å². The van der Waals surface area contributed by atoms with E-state index in [4.69, 9.17) is 0 Å². The zero-order valence-corrected chi connectivity index (χ0v) is 7.45. The summed E-state index contributed by atoms with van der Waals surface area (Å²) in [7, 11) is -5.11. The van der Waals surface area contributed by atoms with E-state index in [2.05, 4.69) is 5.32 Å². The van der Waals surface area contributed by atoms with Crippen molar-refractivity contribution in [1.82, 2.24) is 9.62 Å². The summed E-state index contributed by atoms with van der Waals surface area (Å²) in [6.07, 6.45) is 0. The van der Waals surface area contributed by atoms with Crippen molar-refractivity contribution in [3.63, 3.8) is 0 Å². The molecule has 1 fully saturated rings. The molecule has 1 aliphatic rings. The van der Waals surface area contributed by atoms with Crippen molar-refractivity contribution >= 4 is 10.0 Å². The van der Waals surface area contributed by atoms with Gasteiger partial charge in [0.25, 0.3) is 0 Å². The SMILES string of the molecule is O=S(=O)(N1CCNCC1)C(F)(F)F. The number of nitrogens with one attached hydrogen (secondary N) is 1. The topological polar surface area (TPSA) is 49.4 Å². The van der Waals surface area contributed by atoms with Gasteiger partial charge >= 0.3 is 15.5 Å². The van der Waals surface area contributed by atoms with Crippen LogP contribution in [0.25, 0.3) is 0 Å². The lowest BCUT2D eigenvalue weighted by atomic mass is 10.4. The predicted octanol–water partition coefficient (Wildman–Crippen LogP) is -0.259. The van der Waals surface area contributed by atoms with E-state index in [1.54, 1.807) is 0 Å². The zero-order chi connectivity index (χ0) is 10.1. The Hall–Kier alpha value is -0.340. The third-order valence-electron chi connectivity index (χ3n) is 1.71. The summed E-state index contributed by atoms with van der Waals surface area (Å²) in [4.78, 5) is 0. The first kappa shape index (κ1) is 10.7. The average molecular weight is 218 g/mol. The summed E-state index contributed by atoms with van der Waals surface area (Å²) in [5, 5.41) is 2.76. The molecule has 4 nitrogen and oxygen atoms in total. The molecule has 0 aliphatic carbocycles. The van der Waals surface area contributed by atoms with Crippen LogP contribution in [0.2, 0.25) is 0 Å².